The number of sulfonamides is 1. The van der Waals surface area contributed by atoms with E-state index in [2.05, 4.69) is 15.9 Å². The van der Waals surface area contributed by atoms with E-state index in [1.807, 2.05) is 0 Å². The van der Waals surface area contributed by atoms with Gasteiger partial charge in [-0.05, 0) is 40.5 Å². The van der Waals surface area contributed by atoms with Gasteiger partial charge in [-0.15, -0.1) is 0 Å². The predicted molar refractivity (Wildman–Crippen MR) is 55.3 cm³/mol. The van der Waals surface area contributed by atoms with Crippen LogP contribution in [0.4, 0.5) is 0 Å². The highest BCUT2D eigenvalue weighted by Gasteiger charge is 2.11. The summed E-state index contributed by atoms with van der Waals surface area (Å²) in [6.45, 7) is 1.71. The molecule has 0 unspecified atom stereocenters. The fraction of sp³-hybridized carbons (Fsp3) is 0.143. The molecule has 0 aliphatic carbocycles. The minimum Gasteiger partial charge on any atom is -0.225 e. The minimum atomic E-state index is -3.65. The molecule has 0 aliphatic heterocycles. The number of nitrogens with two attached hydrogens (primary N) is 1. The maximum absolute atomic E-state index is 11.0. The van der Waals surface area contributed by atoms with Gasteiger partial charge in [0.2, 0.25) is 10.0 Å². The van der Waals surface area contributed by atoms with Crippen LogP contribution in [-0.4, -0.2) is 8.42 Å². The van der Waals surface area contributed by atoms with Crippen LogP contribution in [0, 0.1) is 6.92 Å². The highest BCUT2D eigenvalue weighted by atomic mass is 79.9. The maximum Gasteiger partial charge on any atom is 0.238 e. The second-order valence-corrected chi connectivity index (χ2v) is 5.37. The molecule has 13 heavy (non-hydrogen) atoms. The summed E-state index contributed by atoms with van der Waals surface area (Å²) in [6.07, 6.45) is 0. The molecular formula is C7H7BrClNO2S. The minimum absolute atomic E-state index is 0.0567. The van der Waals surface area contributed by atoms with Crippen LogP contribution in [0.15, 0.2) is 21.5 Å². The number of hydrogen-bond donors (Lipinski definition) is 1. The van der Waals surface area contributed by atoms with Crippen molar-refractivity contribution in [1.29, 1.82) is 0 Å². The second kappa shape index (κ2) is 3.57. The largest absolute Gasteiger partial charge is 0.238 e. The summed E-state index contributed by atoms with van der Waals surface area (Å²) in [4.78, 5) is 0.0567. The number of aryl methyl sites for hydroxylation is 1. The zero-order valence-electron chi connectivity index (χ0n) is 6.71. The molecule has 0 saturated heterocycles. The average Bonchev–Trinajstić information content (AvgIpc) is 1.97. The second-order valence-electron chi connectivity index (χ2n) is 2.58. The van der Waals surface area contributed by atoms with Crippen LogP contribution in [0.3, 0.4) is 0 Å². The third-order valence-electron chi connectivity index (χ3n) is 1.51. The Kier molecular flexibility index (Phi) is 3.01. The third kappa shape index (κ3) is 2.43. The van der Waals surface area contributed by atoms with Crippen molar-refractivity contribution in [1.82, 2.24) is 0 Å². The Bertz CT molecular complexity index is 421. The van der Waals surface area contributed by atoms with Gasteiger partial charge in [0, 0.05) is 4.47 Å². The van der Waals surface area contributed by atoms with E-state index in [4.69, 9.17) is 16.7 Å². The molecule has 0 amide bonds. The summed E-state index contributed by atoms with van der Waals surface area (Å²) >= 11 is 8.95. The zero-order valence-corrected chi connectivity index (χ0v) is 9.87. The van der Waals surface area contributed by atoms with Crippen molar-refractivity contribution in [3.63, 3.8) is 0 Å². The van der Waals surface area contributed by atoms with Crippen molar-refractivity contribution < 1.29 is 8.42 Å². The molecule has 0 atom stereocenters. The van der Waals surface area contributed by atoms with Crippen molar-refractivity contribution in [2.75, 3.05) is 0 Å². The van der Waals surface area contributed by atoms with Crippen LogP contribution in [0.25, 0.3) is 0 Å². The lowest BCUT2D eigenvalue weighted by atomic mass is 10.2. The first kappa shape index (κ1) is 11.0. The molecule has 6 heteroatoms. The van der Waals surface area contributed by atoms with E-state index in [1.165, 1.54) is 12.1 Å². The standard InChI is InChI=1S/C7H7BrClNO2S/c1-4-2-5(13(10,11)12)3-6(8)7(4)9/h2-3H,1H3,(H2,10,11,12). The van der Waals surface area contributed by atoms with Crippen LogP contribution < -0.4 is 5.14 Å². The van der Waals surface area contributed by atoms with Gasteiger partial charge in [-0.3, -0.25) is 0 Å². The topological polar surface area (TPSA) is 60.2 Å². The van der Waals surface area contributed by atoms with Gasteiger partial charge in [0.1, 0.15) is 0 Å². The van der Waals surface area contributed by atoms with Gasteiger partial charge < -0.3 is 0 Å². The zero-order chi connectivity index (χ0) is 10.2. The summed E-state index contributed by atoms with van der Waals surface area (Å²) < 4.78 is 22.5. The van der Waals surface area contributed by atoms with Crippen molar-refractivity contribution in [3.8, 4) is 0 Å². The molecule has 0 radical (unpaired) electrons. The molecule has 1 aromatic carbocycles. The Hall–Kier alpha value is -0.100. The first-order valence-corrected chi connectivity index (χ1v) is 6.02. The molecule has 0 aliphatic rings. The SMILES string of the molecule is Cc1cc(S(N)(=O)=O)cc(Br)c1Cl. The van der Waals surface area contributed by atoms with Crippen molar-refractivity contribution >= 4 is 37.6 Å². The highest BCUT2D eigenvalue weighted by Crippen LogP contribution is 2.28. The van der Waals surface area contributed by atoms with Gasteiger partial charge in [0.25, 0.3) is 0 Å². The average molecular weight is 285 g/mol. The van der Waals surface area contributed by atoms with Crippen LogP contribution in [0.1, 0.15) is 5.56 Å². The summed E-state index contributed by atoms with van der Waals surface area (Å²) in [5.74, 6) is 0. The Morgan fingerprint density at radius 3 is 2.38 bits per heavy atom. The smallest absolute Gasteiger partial charge is 0.225 e. The number of hydrogen-bond acceptors (Lipinski definition) is 2. The van der Waals surface area contributed by atoms with Crippen LogP contribution in [0.2, 0.25) is 5.02 Å². The van der Waals surface area contributed by atoms with Crippen LogP contribution >= 0.6 is 27.5 Å². The molecule has 1 rings (SSSR count). The van der Waals surface area contributed by atoms with Gasteiger partial charge in [-0.25, -0.2) is 13.6 Å². The van der Waals surface area contributed by atoms with Crippen molar-refractivity contribution in [2.24, 2.45) is 5.14 Å². The number of rotatable bonds is 1. The van der Waals surface area contributed by atoms with E-state index in [-0.39, 0.29) is 4.90 Å². The summed E-state index contributed by atoms with van der Waals surface area (Å²) in [6, 6.07) is 2.81. The van der Waals surface area contributed by atoms with Crippen LogP contribution in [0.5, 0.6) is 0 Å². The fourth-order valence-electron chi connectivity index (χ4n) is 0.859. The van der Waals surface area contributed by atoms with E-state index in [9.17, 15) is 8.42 Å². The maximum atomic E-state index is 11.0. The Labute approximate surface area is 90.1 Å². The van der Waals surface area contributed by atoms with Gasteiger partial charge in [-0.1, -0.05) is 11.6 Å². The molecule has 0 saturated carbocycles. The predicted octanol–water partition coefficient (Wildman–Crippen LogP) is 2.06. The fourth-order valence-corrected chi connectivity index (χ4v) is 2.30. The first-order valence-electron chi connectivity index (χ1n) is 3.31. The molecule has 0 fully saturated rings. The van der Waals surface area contributed by atoms with Crippen LogP contribution in [-0.2, 0) is 10.0 Å². The van der Waals surface area contributed by atoms with Crippen molar-refractivity contribution in [3.05, 3.63) is 27.2 Å². The Morgan fingerprint density at radius 1 is 1.46 bits per heavy atom. The number of halogens is 2. The molecule has 72 valence electrons. The van der Waals surface area contributed by atoms with Gasteiger partial charge in [-0.2, -0.15) is 0 Å². The van der Waals surface area contributed by atoms with Crippen molar-refractivity contribution in [2.45, 2.75) is 11.8 Å². The quantitative estimate of drug-likeness (QED) is 0.858. The lowest BCUT2D eigenvalue weighted by molar-refractivity contribution is 0.597. The molecule has 3 nitrogen and oxygen atoms in total. The Balaban J connectivity index is 3.47. The summed E-state index contributed by atoms with van der Waals surface area (Å²) in [5, 5.41) is 5.45. The molecular weight excluding hydrogens is 278 g/mol. The number of primary sulfonamides is 1. The van der Waals surface area contributed by atoms with Gasteiger partial charge in [0.15, 0.2) is 0 Å². The first-order chi connectivity index (χ1) is 5.82. The third-order valence-corrected chi connectivity index (χ3v) is 3.76. The lowest BCUT2D eigenvalue weighted by Crippen LogP contribution is -2.12. The monoisotopic (exact) mass is 283 g/mol. The van der Waals surface area contributed by atoms with E-state index in [1.54, 1.807) is 6.92 Å². The van der Waals surface area contributed by atoms with E-state index in [0.29, 0.717) is 15.1 Å². The van der Waals surface area contributed by atoms with E-state index in [0.717, 1.165) is 0 Å². The molecule has 0 spiro atoms. The molecule has 0 heterocycles. The molecule has 0 aromatic heterocycles. The summed E-state index contributed by atoms with van der Waals surface area (Å²) in [5.41, 5.74) is 0.667. The summed E-state index contributed by atoms with van der Waals surface area (Å²) in [7, 11) is -3.65. The molecule has 1 aromatic rings. The van der Waals surface area contributed by atoms with E-state index >= 15 is 0 Å². The molecule has 0 bridgehead atoms. The normalized spacial score (nSPS) is 11.7. The molecule has 2 N–H and O–H groups in total. The number of benzene rings is 1. The van der Waals surface area contributed by atoms with Gasteiger partial charge >= 0.3 is 0 Å². The van der Waals surface area contributed by atoms with Gasteiger partial charge in [0.05, 0.1) is 9.92 Å². The Morgan fingerprint density at radius 2 is 2.00 bits per heavy atom. The highest BCUT2D eigenvalue weighted by molar-refractivity contribution is 9.10. The van der Waals surface area contributed by atoms with E-state index < -0.39 is 10.0 Å². The lowest BCUT2D eigenvalue weighted by Gasteiger charge is -2.04.